The first-order valence-electron chi connectivity index (χ1n) is 6.36. The molecule has 0 aromatic rings. The molecular weight excluding hydrogens is 214 g/mol. The predicted octanol–water partition coefficient (Wildman–Crippen LogP) is 2.27. The Hall–Kier alpha value is -1.12. The number of carbonyl (C=O) groups is 2. The Morgan fingerprint density at radius 2 is 2.06 bits per heavy atom. The van der Waals surface area contributed by atoms with Crippen LogP contribution in [-0.2, 0) is 9.59 Å². The first-order valence-corrected chi connectivity index (χ1v) is 6.36. The van der Waals surface area contributed by atoms with Gasteiger partial charge in [0, 0.05) is 18.9 Å². The molecule has 0 spiro atoms. The van der Waals surface area contributed by atoms with E-state index in [4.69, 9.17) is 0 Å². The van der Waals surface area contributed by atoms with Crippen LogP contribution in [0.25, 0.3) is 0 Å². The van der Waals surface area contributed by atoms with Gasteiger partial charge in [0.2, 0.25) is 5.91 Å². The summed E-state index contributed by atoms with van der Waals surface area (Å²) in [5.41, 5.74) is 0. The molecule has 1 aliphatic heterocycles. The molecule has 96 valence electrons. The quantitative estimate of drug-likeness (QED) is 0.703. The minimum atomic E-state index is -0.299. The van der Waals surface area contributed by atoms with Crippen molar-refractivity contribution >= 4 is 11.7 Å². The third-order valence-electron chi connectivity index (χ3n) is 3.77. The van der Waals surface area contributed by atoms with E-state index in [1.165, 1.54) is 0 Å². The molecule has 0 N–H and O–H groups in total. The lowest BCUT2D eigenvalue weighted by atomic mass is 9.82. The van der Waals surface area contributed by atoms with Gasteiger partial charge in [-0.2, -0.15) is 0 Å². The molecule has 0 saturated carbocycles. The summed E-state index contributed by atoms with van der Waals surface area (Å²) < 4.78 is 0. The summed E-state index contributed by atoms with van der Waals surface area (Å²) in [7, 11) is 0. The fourth-order valence-corrected chi connectivity index (χ4v) is 2.81. The summed E-state index contributed by atoms with van der Waals surface area (Å²) >= 11 is 0. The summed E-state index contributed by atoms with van der Waals surface area (Å²) in [6.07, 6.45) is 2.30. The Balaban J connectivity index is 3.04. The largest absolute Gasteiger partial charge is 0.332 e. The lowest BCUT2D eigenvalue weighted by Crippen LogP contribution is -2.41. The molecule has 1 aliphatic rings. The zero-order valence-corrected chi connectivity index (χ0v) is 11.3. The van der Waals surface area contributed by atoms with Crippen molar-refractivity contribution in [1.82, 2.24) is 4.90 Å². The Labute approximate surface area is 104 Å². The van der Waals surface area contributed by atoms with Crippen LogP contribution in [0.3, 0.4) is 0 Å². The third-order valence-corrected chi connectivity index (χ3v) is 3.77. The highest BCUT2D eigenvalue weighted by Gasteiger charge is 2.45. The van der Waals surface area contributed by atoms with Crippen LogP contribution in [0.5, 0.6) is 0 Å². The molecule has 0 radical (unpaired) electrons. The van der Waals surface area contributed by atoms with Gasteiger partial charge >= 0.3 is 0 Å². The van der Waals surface area contributed by atoms with E-state index in [0.29, 0.717) is 24.8 Å². The fourth-order valence-electron chi connectivity index (χ4n) is 2.81. The molecule has 1 amide bonds. The number of hydrogen-bond donors (Lipinski definition) is 0. The third kappa shape index (κ3) is 2.59. The van der Waals surface area contributed by atoms with Crippen LogP contribution in [0.1, 0.15) is 34.1 Å². The van der Waals surface area contributed by atoms with E-state index >= 15 is 0 Å². The minimum Gasteiger partial charge on any atom is -0.332 e. The van der Waals surface area contributed by atoms with Crippen LogP contribution in [-0.4, -0.2) is 29.2 Å². The van der Waals surface area contributed by atoms with Crippen LogP contribution in [0.15, 0.2) is 12.7 Å². The van der Waals surface area contributed by atoms with Gasteiger partial charge in [-0.3, -0.25) is 9.59 Å². The number of ketones is 1. The summed E-state index contributed by atoms with van der Waals surface area (Å²) in [5.74, 6) is 1.04. The average Bonchev–Trinajstić information content (AvgIpc) is 2.67. The average molecular weight is 237 g/mol. The second-order valence-electron chi connectivity index (χ2n) is 5.18. The molecule has 0 aromatic heterocycles. The summed E-state index contributed by atoms with van der Waals surface area (Å²) in [6, 6.07) is -0.299. The molecule has 1 fully saturated rings. The van der Waals surface area contributed by atoms with Gasteiger partial charge in [0.05, 0.1) is 6.04 Å². The van der Waals surface area contributed by atoms with E-state index < -0.39 is 0 Å². The minimum absolute atomic E-state index is 0.0693. The summed E-state index contributed by atoms with van der Waals surface area (Å²) in [6.45, 7) is 12.2. The van der Waals surface area contributed by atoms with E-state index in [1.807, 2.05) is 13.0 Å². The van der Waals surface area contributed by atoms with Crippen molar-refractivity contribution in [3.8, 4) is 0 Å². The highest BCUT2D eigenvalue weighted by molar-refractivity contribution is 5.88. The SMILES string of the molecule is C=C[C@H]1[C@@H](C(C)C)CN(C(=O)CC)[C@@H]1C(C)=O. The van der Waals surface area contributed by atoms with Crippen LogP contribution >= 0.6 is 0 Å². The first-order chi connectivity index (χ1) is 7.93. The van der Waals surface area contributed by atoms with Gasteiger partial charge in [0.25, 0.3) is 0 Å². The number of Topliss-reactive ketones (excluding diaryl/α,β-unsaturated/α-hetero) is 1. The maximum atomic E-state index is 11.9. The fraction of sp³-hybridized carbons (Fsp3) is 0.714. The Morgan fingerprint density at radius 3 is 2.41 bits per heavy atom. The summed E-state index contributed by atoms with van der Waals surface area (Å²) in [5, 5.41) is 0. The summed E-state index contributed by atoms with van der Waals surface area (Å²) in [4.78, 5) is 25.4. The van der Waals surface area contributed by atoms with E-state index in [2.05, 4.69) is 20.4 Å². The molecule has 0 bridgehead atoms. The van der Waals surface area contributed by atoms with E-state index in [1.54, 1.807) is 11.8 Å². The molecule has 1 rings (SSSR count). The predicted molar refractivity (Wildman–Crippen MR) is 68.5 cm³/mol. The normalized spacial score (nSPS) is 28.5. The van der Waals surface area contributed by atoms with Gasteiger partial charge < -0.3 is 4.90 Å². The van der Waals surface area contributed by atoms with E-state index in [9.17, 15) is 9.59 Å². The van der Waals surface area contributed by atoms with Gasteiger partial charge in [0.1, 0.15) is 0 Å². The first kappa shape index (κ1) is 13.9. The molecule has 1 heterocycles. The van der Waals surface area contributed by atoms with Crippen LogP contribution in [0.2, 0.25) is 0 Å². The van der Waals surface area contributed by atoms with Crippen LogP contribution < -0.4 is 0 Å². The van der Waals surface area contributed by atoms with Crippen molar-refractivity contribution in [2.75, 3.05) is 6.54 Å². The zero-order valence-electron chi connectivity index (χ0n) is 11.3. The maximum Gasteiger partial charge on any atom is 0.222 e. The maximum absolute atomic E-state index is 11.9. The molecule has 17 heavy (non-hydrogen) atoms. The topological polar surface area (TPSA) is 37.4 Å². The van der Waals surface area contributed by atoms with Crippen molar-refractivity contribution in [3.05, 3.63) is 12.7 Å². The van der Waals surface area contributed by atoms with Gasteiger partial charge in [-0.05, 0) is 18.8 Å². The number of hydrogen-bond acceptors (Lipinski definition) is 2. The van der Waals surface area contributed by atoms with E-state index in [0.717, 1.165) is 0 Å². The second-order valence-corrected chi connectivity index (χ2v) is 5.18. The molecule has 1 saturated heterocycles. The molecule has 3 atom stereocenters. The van der Waals surface area contributed by atoms with Gasteiger partial charge in [-0.25, -0.2) is 0 Å². The standard InChI is InChI=1S/C14H23NO2/c1-6-11-12(9(3)4)8-15(13(17)7-2)14(11)10(5)16/h6,9,11-12,14H,1,7-8H2,2-5H3/t11-,12+,14+/m0/s1. The number of amides is 1. The lowest BCUT2D eigenvalue weighted by Gasteiger charge is -2.24. The van der Waals surface area contributed by atoms with Crippen molar-refractivity contribution in [2.24, 2.45) is 17.8 Å². The number of carbonyl (C=O) groups excluding carboxylic acids is 2. The molecule has 3 heteroatoms. The zero-order chi connectivity index (χ0) is 13.2. The van der Waals surface area contributed by atoms with Crippen LogP contribution in [0, 0.1) is 17.8 Å². The Morgan fingerprint density at radius 1 is 1.47 bits per heavy atom. The van der Waals surface area contributed by atoms with Crippen molar-refractivity contribution in [2.45, 2.75) is 40.2 Å². The highest BCUT2D eigenvalue weighted by atomic mass is 16.2. The number of nitrogens with zero attached hydrogens (tertiary/aromatic N) is 1. The molecular formula is C14H23NO2. The molecule has 0 aliphatic carbocycles. The Bertz CT molecular complexity index is 322. The second kappa shape index (κ2) is 5.48. The molecule has 3 nitrogen and oxygen atoms in total. The monoisotopic (exact) mass is 237 g/mol. The smallest absolute Gasteiger partial charge is 0.222 e. The van der Waals surface area contributed by atoms with Gasteiger partial charge in [-0.15, -0.1) is 6.58 Å². The van der Waals surface area contributed by atoms with Gasteiger partial charge in [-0.1, -0.05) is 26.8 Å². The number of rotatable bonds is 4. The van der Waals surface area contributed by atoms with Gasteiger partial charge in [0.15, 0.2) is 5.78 Å². The van der Waals surface area contributed by atoms with Crippen LogP contribution in [0.4, 0.5) is 0 Å². The van der Waals surface area contributed by atoms with Crippen molar-refractivity contribution in [1.29, 1.82) is 0 Å². The van der Waals surface area contributed by atoms with Crippen molar-refractivity contribution < 1.29 is 9.59 Å². The van der Waals surface area contributed by atoms with E-state index in [-0.39, 0.29) is 23.7 Å². The van der Waals surface area contributed by atoms with Crippen molar-refractivity contribution in [3.63, 3.8) is 0 Å². The Kier molecular flexibility index (Phi) is 4.49. The molecule has 0 aromatic carbocycles. The number of likely N-dealkylation sites (tertiary alicyclic amines) is 1. The molecule has 0 unspecified atom stereocenters. The highest BCUT2D eigenvalue weighted by Crippen LogP contribution is 2.36. The lowest BCUT2D eigenvalue weighted by molar-refractivity contribution is -0.137.